The molecule has 0 amide bonds. The number of aliphatic hydroxyl groups is 1. The van der Waals surface area contributed by atoms with E-state index in [0.717, 1.165) is 61.7 Å². The molecule has 3 nitrogen and oxygen atoms in total. The molecule has 1 fully saturated rings. The monoisotopic (exact) mass is 383 g/mol. The van der Waals surface area contributed by atoms with Crippen LogP contribution in [0.5, 0.6) is 0 Å². The standard InChI is InChI=1S/C22H25FN2OS/c23-17-7-8-22-20(16-17)18(19-4-1-2-6-21(19)27-22)5-3-9-24-10-12-25(13-11-24)14-15-26/h1-2,4-8,16,26H,3,9-15H2/b18-5-/i23-1. The Morgan fingerprint density at radius 2 is 1.63 bits per heavy atom. The number of hydrogen-bond acceptors (Lipinski definition) is 4. The predicted molar refractivity (Wildman–Crippen MR) is 109 cm³/mol. The lowest BCUT2D eigenvalue weighted by Crippen LogP contribution is -2.47. The molecule has 0 aliphatic carbocycles. The summed E-state index contributed by atoms with van der Waals surface area (Å²) in [5, 5.41) is 9.06. The van der Waals surface area contributed by atoms with E-state index in [1.54, 1.807) is 23.9 Å². The van der Waals surface area contributed by atoms with Gasteiger partial charge in [-0.05, 0) is 47.4 Å². The lowest BCUT2D eigenvalue weighted by Gasteiger charge is -2.34. The average molecular weight is 384 g/mol. The maximum absolute atomic E-state index is 13.9. The zero-order valence-electron chi connectivity index (χ0n) is 15.4. The first-order chi connectivity index (χ1) is 13.2. The summed E-state index contributed by atoms with van der Waals surface area (Å²) in [7, 11) is 0. The third-order valence-corrected chi connectivity index (χ3v) is 6.46. The molecule has 0 aromatic heterocycles. The van der Waals surface area contributed by atoms with E-state index >= 15 is 0 Å². The summed E-state index contributed by atoms with van der Waals surface area (Å²) in [6.45, 7) is 6.14. The van der Waals surface area contributed by atoms with Crippen LogP contribution >= 0.6 is 11.8 Å². The molecule has 5 heteroatoms. The number of halogens is 1. The van der Waals surface area contributed by atoms with E-state index in [9.17, 15) is 4.39 Å². The van der Waals surface area contributed by atoms with Crippen molar-refractivity contribution >= 4 is 17.3 Å². The van der Waals surface area contributed by atoms with Crippen LogP contribution in [0.3, 0.4) is 0 Å². The third-order valence-electron chi connectivity index (χ3n) is 5.30. The second kappa shape index (κ2) is 8.57. The number of rotatable bonds is 5. The largest absolute Gasteiger partial charge is 0.395 e. The topological polar surface area (TPSA) is 26.7 Å². The molecule has 1 saturated heterocycles. The van der Waals surface area contributed by atoms with Crippen molar-refractivity contribution < 1.29 is 9.50 Å². The highest BCUT2D eigenvalue weighted by Gasteiger charge is 2.21. The Labute approximate surface area is 164 Å². The summed E-state index contributed by atoms with van der Waals surface area (Å²) in [4.78, 5) is 7.14. The number of piperazine rings is 1. The first-order valence-corrected chi connectivity index (χ1v) is 10.4. The van der Waals surface area contributed by atoms with Gasteiger partial charge in [0.05, 0.1) is 6.61 Å². The molecule has 2 heterocycles. The normalized spacial score (nSPS) is 19.1. The molecular weight excluding hydrogens is 358 g/mol. The van der Waals surface area contributed by atoms with E-state index in [-0.39, 0.29) is 12.4 Å². The van der Waals surface area contributed by atoms with E-state index in [4.69, 9.17) is 5.11 Å². The van der Waals surface area contributed by atoms with Gasteiger partial charge in [-0.15, -0.1) is 0 Å². The fraction of sp³-hybridized carbons (Fsp3) is 0.364. The molecule has 2 aromatic rings. The minimum atomic E-state index is -0.181. The molecule has 142 valence electrons. The Morgan fingerprint density at radius 1 is 0.926 bits per heavy atom. The van der Waals surface area contributed by atoms with Crippen LogP contribution in [0.25, 0.3) is 5.57 Å². The zero-order valence-corrected chi connectivity index (χ0v) is 16.2. The van der Waals surface area contributed by atoms with Crippen molar-refractivity contribution in [1.82, 2.24) is 9.80 Å². The Bertz CT molecular complexity index is 831. The molecule has 2 aliphatic heterocycles. The summed E-state index contributed by atoms with van der Waals surface area (Å²) in [6, 6.07) is 13.5. The van der Waals surface area contributed by atoms with Crippen molar-refractivity contribution in [2.24, 2.45) is 0 Å². The maximum Gasteiger partial charge on any atom is 0.123 e. The summed E-state index contributed by atoms with van der Waals surface area (Å²) in [6.07, 6.45) is 3.22. The van der Waals surface area contributed by atoms with Crippen LogP contribution in [0.4, 0.5) is 4.39 Å². The third kappa shape index (κ3) is 4.27. The minimum Gasteiger partial charge on any atom is -0.395 e. The number of β-amino-alcohol motifs (C(OH)–C–C–N with tert-alkyl or cyclic N) is 1. The lowest BCUT2D eigenvalue weighted by atomic mass is 9.96. The molecule has 0 atom stereocenters. The Balaban J connectivity index is 1.49. The van der Waals surface area contributed by atoms with Crippen molar-refractivity contribution in [3.8, 4) is 0 Å². The molecule has 1 N–H and O–H groups in total. The van der Waals surface area contributed by atoms with E-state index in [1.165, 1.54) is 10.5 Å². The highest BCUT2D eigenvalue weighted by atomic mass is 32.2. The molecule has 0 spiro atoms. The number of hydrogen-bond donors (Lipinski definition) is 1. The van der Waals surface area contributed by atoms with Crippen LogP contribution in [-0.4, -0.2) is 60.8 Å². The van der Waals surface area contributed by atoms with Gasteiger partial charge in [-0.25, -0.2) is 4.39 Å². The number of fused-ring (bicyclic) bond motifs is 2. The number of aliphatic hydroxyl groups excluding tert-OH is 1. The molecule has 2 aliphatic rings. The SMILES string of the molecule is OCCN1CCN(CC/C=C2/c3ccccc3Sc3ccc([18F])cc32)CC1. The first-order valence-electron chi connectivity index (χ1n) is 9.57. The van der Waals surface area contributed by atoms with Gasteiger partial charge >= 0.3 is 0 Å². The lowest BCUT2D eigenvalue weighted by molar-refractivity contribution is 0.114. The fourth-order valence-electron chi connectivity index (χ4n) is 3.83. The predicted octanol–water partition coefficient (Wildman–Crippen LogP) is 3.72. The summed E-state index contributed by atoms with van der Waals surface area (Å²) in [5.41, 5.74) is 3.36. The van der Waals surface area contributed by atoms with Gasteiger partial charge in [0.25, 0.3) is 0 Å². The van der Waals surface area contributed by atoms with Crippen molar-refractivity contribution in [2.45, 2.75) is 16.2 Å². The van der Waals surface area contributed by atoms with Crippen molar-refractivity contribution in [3.63, 3.8) is 0 Å². The maximum atomic E-state index is 13.9. The van der Waals surface area contributed by atoms with Gasteiger partial charge in [0.2, 0.25) is 0 Å². The van der Waals surface area contributed by atoms with Gasteiger partial charge in [0.15, 0.2) is 0 Å². The van der Waals surface area contributed by atoms with Gasteiger partial charge in [-0.3, -0.25) is 4.90 Å². The average Bonchev–Trinajstić information content (AvgIpc) is 2.69. The van der Waals surface area contributed by atoms with E-state index in [1.807, 2.05) is 6.07 Å². The van der Waals surface area contributed by atoms with Crippen molar-refractivity contribution in [3.05, 3.63) is 65.5 Å². The second-order valence-corrected chi connectivity index (χ2v) is 8.14. The second-order valence-electron chi connectivity index (χ2n) is 7.05. The van der Waals surface area contributed by atoms with Gasteiger partial charge in [-0.2, -0.15) is 0 Å². The van der Waals surface area contributed by atoms with E-state index < -0.39 is 0 Å². The highest BCUT2D eigenvalue weighted by molar-refractivity contribution is 7.99. The van der Waals surface area contributed by atoms with Gasteiger partial charge in [0, 0.05) is 49.1 Å². The fourth-order valence-corrected chi connectivity index (χ4v) is 4.92. The quantitative estimate of drug-likeness (QED) is 0.726. The van der Waals surface area contributed by atoms with Gasteiger partial charge in [0.1, 0.15) is 5.82 Å². The van der Waals surface area contributed by atoms with E-state index in [2.05, 4.69) is 40.1 Å². The van der Waals surface area contributed by atoms with Crippen LogP contribution in [0.2, 0.25) is 0 Å². The smallest absolute Gasteiger partial charge is 0.123 e. The molecule has 0 bridgehead atoms. The van der Waals surface area contributed by atoms with Crippen LogP contribution in [0, 0.1) is 5.82 Å². The molecule has 0 radical (unpaired) electrons. The Kier molecular flexibility index (Phi) is 5.93. The summed E-state index contributed by atoms with van der Waals surface area (Å²) in [5.74, 6) is -0.181. The van der Waals surface area contributed by atoms with E-state index in [0.29, 0.717) is 0 Å². The molecule has 0 saturated carbocycles. The van der Waals surface area contributed by atoms with Gasteiger partial charge in [-0.1, -0.05) is 36.0 Å². The minimum absolute atomic E-state index is 0.181. The molecule has 2 aromatic carbocycles. The first kappa shape index (κ1) is 18.7. The van der Waals surface area contributed by atoms with Crippen molar-refractivity contribution in [1.29, 1.82) is 0 Å². The van der Waals surface area contributed by atoms with Crippen LogP contribution in [-0.2, 0) is 0 Å². The number of benzene rings is 2. The number of nitrogens with zero attached hydrogens (tertiary/aromatic N) is 2. The Hall–Kier alpha value is -1.66. The summed E-state index contributed by atoms with van der Waals surface area (Å²) >= 11 is 1.72. The summed E-state index contributed by atoms with van der Waals surface area (Å²) < 4.78 is 13.9. The molecule has 27 heavy (non-hydrogen) atoms. The zero-order chi connectivity index (χ0) is 18.6. The van der Waals surface area contributed by atoms with Gasteiger partial charge < -0.3 is 10.0 Å². The van der Waals surface area contributed by atoms with Crippen LogP contribution in [0.15, 0.2) is 58.3 Å². The molecular formula is C22H25FN2OS. The van der Waals surface area contributed by atoms with Crippen LogP contribution in [0.1, 0.15) is 17.5 Å². The highest BCUT2D eigenvalue weighted by Crippen LogP contribution is 2.45. The molecule has 4 rings (SSSR count). The Morgan fingerprint density at radius 3 is 2.41 bits per heavy atom. The van der Waals surface area contributed by atoms with Crippen molar-refractivity contribution in [2.75, 3.05) is 45.9 Å². The van der Waals surface area contributed by atoms with Crippen LogP contribution < -0.4 is 0 Å². The molecule has 0 unspecified atom stereocenters.